The molecule has 5 nitrogen and oxygen atoms in total. The van der Waals surface area contributed by atoms with Crippen molar-refractivity contribution in [1.82, 2.24) is 15.6 Å². The summed E-state index contributed by atoms with van der Waals surface area (Å²) in [5.74, 6) is 4.08. The second kappa shape index (κ2) is 7.86. The number of aromatic nitrogens is 1. The van der Waals surface area contributed by atoms with Crippen LogP contribution in [0, 0.1) is 11.8 Å². The van der Waals surface area contributed by atoms with Gasteiger partial charge in [-0.05, 0) is 60.3 Å². The summed E-state index contributed by atoms with van der Waals surface area (Å²) in [6.45, 7) is 2.83. The van der Waals surface area contributed by atoms with Crippen LogP contribution >= 0.6 is 11.6 Å². The highest BCUT2D eigenvalue weighted by Gasteiger charge is 2.52. The first-order valence-electron chi connectivity index (χ1n) is 10.6. The molecule has 3 aliphatic rings. The molecule has 0 bridgehead atoms. The summed E-state index contributed by atoms with van der Waals surface area (Å²) in [4.78, 5) is 11.2. The summed E-state index contributed by atoms with van der Waals surface area (Å²) < 4.78 is 0. The van der Waals surface area contributed by atoms with Crippen molar-refractivity contribution < 1.29 is 0 Å². The summed E-state index contributed by atoms with van der Waals surface area (Å²) in [6.07, 6.45) is 5.41. The largest absolute Gasteiger partial charge is 0.356 e. The Bertz CT molecular complexity index is 914. The first kappa shape index (κ1) is 18.7. The van der Waals surface area contributed by atoms with Gasteiger partial charge in [0.1, 0.15) is 5.82 Å². The number of anilines is 1. The minimum atomic E-state index is 0.349. The number of hydrogen-bond acceptors (Lipinski definition) is 3. The van der Waals surface area contributed by atoms with Crippen LogP contribution in [0.2, 0.25) is 5.02 Å². The Balaban J connectivity index is 1.15. The van der Waals surface area contributed by atoms with Gasteiger partial charge >= 0.3 is 0 Å². The minimum absolute atomic E-state index is 0.349. The summed E-state index contributed by atoms with van der Waals surface area (Å²) in [5.41, 5.74) is 3.13. The van der Waals surface area contributed by atoms with Gasteiger partial charge in [0.05, 0.1) is 5.02 Å². The van der Waals surface area contributed by atoms with Gasteiger partial charge in [-0.15, -0.1) is 0 Å². The van der Waals surface area contributed by atoms with Crippen molar-refractivity contribution in [3.8, 4) is 0 Å². The third-order valence-electron chi connectivity index (χ3n) is 6.79. The number of pyridine rings is 1. The molecule has 4 unspecified atom stereocenters. The van der Waals surface area contributed by atoms with Crippen LogP contribution in [0.5, 0.6) is 0 Å². The molecule has 4 atom stereocenters. The van der Waals surface area contributed by atoms with Crippen LogP contribution in [-0.2, 0) is 6.42 Å². The minimum Gasteiger partial charge on any atom is -0.356 e. The van der Waals surface area contributed by atoms with Crippen molar-refractivity contribution in [2.75, 3.05) is 31.6 Å². The quantitative estimate of drug-likeness (QED) is 0.599. The molecule has 2 fully saturated rings. The highest BCUT2D eigenvalue weighted by Crippen LogP contribution is 2.59. The van der Waals surface area contributed by atoms with Crippen molar-refractivity contribution in [1.29, 1.82) is 0 Å². The molecule has 0 amide bonds. The number of nitrogens with one attached hydrogen (secondary N) is 2. The molecule has 6 heteroatoms. The van der Waals surface area contributed by atoms with Crippen LogP contribution in [0.15, 0.2) is 47.6 Å². The predicted octanol–water partition coefficient (Wildman–Crippen LogP) is 3.45. The van der Waals surface area contributed by atoms with Crippen LogP contribution in [0.3, 0.4) is 0 Å². The number of fused-ring (bicyclic) bond motifs is 3. The number of rotatable bonds is 4. The molecule has 2 N–H and O–H groups in total. The fraction of sp³-hybridized carbons (Fsp3) is 0.478. The Morgan fingerprint density at radius 3 is 3.00 bits per heavy atom. The lowest BCUT2D eigenvalue weighted by atomic mass is 9.92. The van der Waals surface area contributed by atoms with E-state index in [2.05, 4.69) is 49.8 Å². The van der Waals surface area contributed by atoms with Gasteiger partial charge in [0.15, 0.2) is 5.96 Å². The summed E-state index contributed by atoms with van der Waals surface area (Å²) in [7, 11) is 1.85. The molecule has 2 aliphatic carbocycles. The van der Waals surface area contributed by atoms with Gasteiger partial charge in [-0.1, -0.05) is 35.9 Å². The zero-order chi connectivity index (χ0) is 19.8. The molecule has 2 aromatic rings. The van der Waals surface area contributed by atoms with Gasteiger partial charge < -0.3 is 15.5 Å². The topological polar surface area (TPSA) is 52.6 Å². The molecular weight excluding hydrogens is 382 g/mol. The maximum Gasteiger partial charge on any atom is 0.191 e. The molecule has 152 valence electrons. The van der Waals surface area contributed by atoms with E-state index in [0.717, 1.165) is 55.6 Å². The molecule has 29 heavy (non-hydrogen) atoms. The number of aliphatic imine (C=N–C) groups is 1. The fourth-order valence-electron chi connectivity index (χ4n) is 5.27. The lowest BCUT2D eigenvalue weighted by molar-refractivity contribution is 0.606. The fourth-order valence-corrected chi connectivity index (χ4v) is 5.51. The van der Waals surface area contributed by atoms with Gasteiger partial charge in [-0.2, -0.15) is 0 Å². The standard InChI is InChI=1S/C23H28ClN5/c1-25-23(28-16-10-12-29(14-16)22-20(24)7-4-11-26-22)27-13-19-18-9-8-15-5-2-3-6-17(15)21(18)19/h2-7,11,16,18-19,21H,8-10,12-14H2,1H3,(H2,25,27,28). The zero-order valence-electron chi connectivity index (χ0n) is 16.8. The van der Waals surface area contributed by atoms with Crippen molar-refractivity contribution in [2.24, 2.45) is 16.8 Å². The highest BCUT2D eigenvalue weighted by atomic mass is 35.5. The Kier molecular flexibility index (Phi) is 5.08. The van der Waals surface area contributed by atoms with Crippen molar-refractivity contribution in [3.05, 3.63) is 58.7 Å². The highest BCUT2D eigenvalue weighted by molar-refractivity contribution is 6.32. The maximum atomic E-state index is 6.31. The third kappa shape index (κ3) is 3.68. The average molecular weight is 410 g/mol. The first-order chi connectivity index (χ1) is 14.2. The van der Waals surface area contributed by atoms with E-state index in [1.807, 2.05) is 19.2 Å². The van der Waals surface area contributed by atoms with Crippen LogP contribution in [-0.4, -0.2) is 43.7 Å². The smallest absolute Gasteiger partial charge is 0.191 e. The van der Waals surface area contributed by atoms with Gasteiger partial charge in [-0.25, -0.2) is 4.98 Å². The van der Waals surface area contributed by atoms with E-state index in [1.165, 1.54) is 12.8 Å². The Morgan fingerprint density at radius 2 is 2.14 bits per heavy atom. The average Bonchev–Trinajstić information content (AvgIpc) is 3.28. The second-order valence-corrected chi connectivity index (χ2v) is 8.84. The molecule has 0 radical (unpaired) electrons. The molecule has 1 aromatic carbocycles. The van der Waals surface area contributed by atoms with E-state index >= 15 is 0 Å². The second-order valence-electron chi connectivity index (χ2n) is 8.43. The molecule has 1 aliphatic heterocycles. The summed E-state index contributed by atoms with van der Waals surface area (Å²) in [6, 6.07) is 13.1. The molecular formula is C23H28ClN5. The molecule has 1 saturated heterocycles. The first-order valence-corrected chi connectivity index (χ1v) is 11.0. The van der Waals surface area contributed by atoms with Gasteiger partial charge in [0.2, 0.25) is 0 Å². The molecule has 2 heterocycles. The normalized spacial score (nSPS) is 27.9. The Hall–Kier alpha value is -2.27. The van der Waals surface area contributed by atoms with Crippen molar-refractivity contribution in [2.45, 2.75) is 31.2 Å². The van der Waals surface area contributed by atoms with E-state index in [1.54, 1.807) is 17.3 Å². The number of nitrogens with zero attached hydrogens (tertiary/aromatic N) is 3. The van der Waals surface area contributed by atoms with Crippen LogP contribution in [0.4, 0.5) is 5.82 Å². The third-order valence-corrected chi connectivity index (χ3v) is 7.08. The lowest BCUT2D eigenvalue weighted by Gasteiger charge is -2.20. The molecule has 1 aromatic heterocycles. The van der Waals surface area contributed by atoms with E-state index in [4.69, 9.17) is 11.6 Å². The predicted molar refractivity (Wildman–Crippen MR) is 119 cm³/mol. The van der Waals surface area contributed by atoms with Gasteiger partial charge in [0, 0.05) is 38.9 Å². The number of aryl methyl sites for hydroxylation is 1. The zero-order valence-corrected chi connectivity index (χ0v) is 17.6. The number of hydrogen-bond donors (Lipinski definition) is 2. The van der Waals surface area contributed by atoms with Crippen LogP contribution in [0.1, 0.15) is 29.9 Å². The SMILES string of the molecule is CN=C(NCC1C2CCc3ccccc3C21)NC1CCN(c2ncccc2Cl)C1. The Labute approximate surface area is 177 Å². The van der Waals surface area contributed by atoms with Crippen LogP contribution < -0.4 is 15.5 Å². The van der Waals surface area contributed by atoms with E-state index < -0.39 is 0 Å². The number of benzene rings is 1. The molecule has 1 saturated carbocycles. The monoisotopic (exact) mass is 409 g/mol. The molecule has 0 spiro atoms. The van der Waals surface area contributed by atoms with E-state index in [0.29, 0.717) is 11.1 Å². The maximum absolute atomic E-state index is 6.31. The van der Waals surface area contributed by atoms with Gasteiger partial charge in [-0.3, -0.25) is 4.99 Å². The summed E-state index contributed by atoms with van der Waals surface area (Å²) in [5, 5.41) is 7.90. The summed E-state index contributed by atoms with van der Waals surface area (Å²) >= 11 is 6.31. The van der Waals surface area contributed by atoms with E-state index in [9.17, 15) is 0 Å². The lowest BCUT2D eigenvalue weighted by Crippen LogP contribution is -2.45. The van der Waals surface area contributed by atoms with E-state index in [-0.39, 0.29) is 0 Å². The van der Waals surface area contributed by atoms with Crippen LogP contribution in [0.25, 0.3) is 0 Å². The number of halogens is 1. The van der Waals surface area contributed by atoms with Crippen molar-refractivity contribution >= 4 is 23.4 Å². The van der Waals surface area contributed by atoms with Crippen molar-refractivity contribution in [3.63, 3.8) is 0 Å². The van der Waals surface area contributed by atoms with Gasteiger partial charge in [0.25, 0.3) is 0 Å². The Morgan fingerprint density at radius 1 is 1.24 bits per heavy atom. The number of guanidine groups is 1. The molecule has 5 rings (SSSR count).